The summed E-state index contributed by atoms with van der Waals surface area (Å²) in [4.78, 5) is 35.4. The topological polar surface area (TPSA) is 94.3 Å². The van der Waals surface area contributed by atoms with E-state index in [2.05, 4.69) is 15.3 Å². The maximum atomic E-state index is 13.1. The number of hydrogen-bond acceptors (Lipinski definition) is 7. The second-order valence-electron chi connectivity index (χ2n) is 7.70. The normalized spacial score (nSPS) is 12.7. The first-order chi connectivity index (χ1) is 16.2. The zero-order chi connectivity index (χ0) is 22.6. The van der Waals surface area contributed by atoms with E-state index in [0.717, 1.165) is 41.7 Å². The fourth-order valence-corrected chi connectivity index (χ4v) is 5.11. The van der Waals surface area contributed by atoms with Crippen LogP contribution in [0.2, 0.25) is 0 Å². The third kappa shape index (κ3) is 4.56. The number of fused-ring (bicyclic) bond motifs is 1. The molecule has 5 rings (SSSR count). The Morgan fingerprint density at radius 2 is 1.94 bits per heavy atom. The van der Waals surface area contributed by atoms with Crippen molar-refractivity contribution in [2.75, 3.05) is 5.32 Å². The van der Waals surface area contributed by atoms with Gasteiger partial charge in [-0.1, -0.05) is 18.2 Å². The molecule has 4 aromatic rings. The van der Waals surface area contributed by atoms with E-state index in [9.17, 15) is 9.59 Å². The summed E-state index contributed by atoms with van der Waals surface area (Å²) >= 11 is 1.45. The molecule has 1 amide bonds. The van der Waals surface area contributed by atoms with Crippen LogP contribution in [0.5, 0.6) is 0 Å². The fraction of sp³-hybridized carbons (Fsp3) is 0.200. The van der Waals surface area contributed by atoms with Crippen LogP contribution < -0.4 is 5.32 Å². The Balaban J connectivity index is 1.34. The average molecular weight is 460 g/mol. The molecule has 0 spiro atoms. The third-order valence-corrected chi connectivity index (χ3v) is 6.66. The Kier molecular flexibility index (Phi) is 5.99. The average Bonchev–Trinajstić information content (AvgIpc) is 3.48. The molecule has 0 fully saturated rings. The maximum Gasteiger partial charge on any atom is 0.341 e. The quantitative estimate of drug-likeness (QED) is 0.394. The predicted octanol–water partition coefficient (Wildman–Crippen LogP) is 5.29. The highest BCUT2D eigenvalue weighted by atomic mass is 32.1. The summed E-state index contributed by atoms with van der Waals surface area (Å²) in [6.45, 7) is -0.0181. The van der Waals surface area contributed by atoms with Crippen molar-refractivity contribution in [1.29, 1.82) is 0 Å². The largest absolute Gasteiger partial charge is 0.455 e. The van der Waals surface area contributed by atoms with Crippen LogP contribution in [0, 0.1) is 0 Å². The minimum absolute atomic E-state index is 0.0181. The molecule has 1 aliphatic rings. The van der Waals surface area contributed by atoms with Gasteiger partial charge in [0.25, 0.3) is 5.91 Å². The van der Waals surface area contributed by atoms with Gasteiger partial charge in [0.15, 0.2) is 0 Å². The standard InChI is InChI=1S/C25H21N3O4S/c29-22(17-9-6-12-26-13-17)28-24-21(19-10-4-5-11-20(19)33-24)25(30)32-15-18-14-31-23(27-18)16-7-2-1-3-8-16/h1-3,6-9,12-14H,4-5,10-11,15H2,(H,28,29). The van der Waals surface area contributed by atoms with Crippen molar-refractivity contribution in [1.82, 2.24) is 9.97 Å². The molecular weight excluding hydrogens is 438 g/mol. The summed E-state index contributed by atoms with van der Waals surface area (Å²) in [7, 11) is 0. The lowest BCUT2D eigenvalue weighted by molar-refractivity contribution is 0.0468. The lowest BCUT2D eigenvalue weighted by Gasteiger charge is -2.12. The smallest absolute Gasteiger partial charge is 0.341 e. The molecular formula is C25H21N3O4S. The van der Waals surface area contributed by atoms with E-state index < -0.39 is 5.97 Å². The number of carbonyl (C=O) groups excluding carboxylic acids is 2. The van der Waals surface area contributed by atoms with Crippen molar-refractivity contribution in [3.8, 4) is 11.5 Å². The van der Waals surface area contributed by atoms with E-state index in [-0.39, 0.29) is 12.5 Å². The van der Waals surface area contributed by atoms with Crippen LogP contribution in [0.25, 0.3) is 11.5 Å². The predicted molar refractivity (Wildman–Crippen MR) is 124 cm³/mol. The Labute approximate surface area is 194 Å². The zero-order valence-electron chi connectivity index (χ0n) is 17.7. The Morgan fingerprint density at radius 3 is 2.76 bits per heavy atom. The van der Waals surface area contributed by atoms with Gasteiger partial charge in [-0.15, -0.1) is 11.3 Å². The molecule has 0 radical (unpaired) electrons. The number of hydrogen-bond donors (Lipinski definition) is 1. The first-order valence-corrected chi connectivity index (χ1v) is 11.5. The Bertz CT molecular complexity index is 1280. The number of anilines is 1. The zero-order valence-corrected chi connectivity index (χ0v) is 18.6. The summed E-state index contributed by atoms with van der Waals surface area (Å²) in [6, 6.07) is 12.9. The number of thiophene rings is 1. The van der Waals surface area contributed by atoms with Gasteiger partial charge in [0.2, 0.25) is 5.89 Å². The third-order valence-electron chi connectivity index (χ3n) is 5.45. The van der Waals surface area contributed by atoms with Gasteiger partial charge in [0, 0.05) is 22.8 Å². The number of esters is 1. The first kappa shape index (κ1) is 21.1. The number of rotatable bonds is 6. The van der Waals surface area contributed by atoms with Gasteiger partial charge in [-0.25, -0.2) is 9.78 Å². The van der Waals surface area contributed by atoms with Crippen molar-refractivity contribution >= 4 is 28.2 Å². The molecule has 33 heavy (non-hydrogen) atoms. The van der Waals surface area contributed by atoms with E-state index in [1.165, 1.54) is 23.8 Å². The van der Waals surface area contributed by atoms with Crippen LogP contribution in [0.3, 0.4) is 0 Å². The summed E-state index contributed by atoms with van der Waals surface area (Å²) in [6.07, 6.45) is 8.35. The number of carbonyl (C=O) groups is 2. The lowest BCUT2D eigenvalue weighted by Crippen LogP contribution is -2.16. The molecule has 7 nitrogen and oxygen atoms in total. The van der Waals surface area contributed by atoms with E-state index in [0.29, 0.717) is 27.7 Å². The molecule has 1 aliphatic carbocycles. The van der Waals surface area contributed by atoms with Gasteiger partial charge in [0.1, 0.15) is 23.6 Å². The van der Waals surface area contributed by atoms with Crippen molar-refractivity contribution in [2.24, 2.45) is 0 Å². The number of aromatic nitrogens is 2. The molecule has 0 saturated heterocycles. The second-order valence-corrected chi connectivity index (χ2v) is 8.80. The van der Waals surface area contributed by atoms with Crippen molar-refractivity contribution in [3.63, 3.8) is 0 Å². The minimum Gasteiger partial charge on any atom is -0.455 e. The molecule has 1 aromatic carbocycles. The molecule has 1 N–H and O–H groups in total. The highest BCUT2D eigenvalue weighted by molar-refractivity contribution is 7.17. The summed E-state index contributed by atoms with van der Waals surface area (Å²) < 4.78 is 11.1. The molecule has 0 aliphatic heterocycles. The lowest BCUT2D eigenvalue weighted by atomic mass is 9.95. The van der Waals surface area contributed by atoms with Gasteiger partial charge >= 0.3 is 5.97 Å². The Morgan fingerprint density at radius 1 is 1.09 bits per heavy atom. The fourth-order valence-electron chi connectivity index (χ4n) is 3.84. The van der Waals surface area contributed by atoms with Crippen LogP contribution in [0.15, 0.2) is 65.5 Å². The van der Waals surface area contributed by atoms with Crippen LogP contribution in [-0.2, 0) is 24.2 Å². The van der Waals surface area contributed by atoms with E-state index in [4.69, 9.17) is 9.15 Å². The van der Waals surface area contributed by atoms with Crippen LogP contribution >= 0.6 is 11.3 Å². The number of aryl methyl sites for hydroxylation is 1. The van der Waals surface area contributed by atoms with Crippen LogP contribution in [0.4, 0.5) is 5.00 Å². The van der Waals surface area contributed by atoms with Crippen LogP contribution in [0.1, 0.15) is 49.7 Å². The molecule has 0 saturated carbocycles. The second kappa shape index (κ2) is 9.38. The molecule has 3 aromatic heterocycles. The number of oxazole rings is 1. The number of ether oxygens (including phenoxy) is 1. The molecule has 166 valence electrons. The van der Waals surface area contributed by atoms with Crippen molar-refractivity contribution in [3.05, 3.63) is 88.4 Å². The van der Waals surface area contributed by atoms with Gasteiger partial charge in [0.05, 0.1) is 11.1 Å². The van der Waals surface area contributed by atoms with E-state index in [1.807, 2.05) is 30.3 Å². The van der Waals surface area contributed by atoms with Gasteiger partial charge < -0.3 is 14.5 Å². The number of nitrogens with zero attached hydrogens (tertiary/aromatic N) is 2. The maximum absolute atomic E-state index is 13.1. The van der Waals surface area contributed by atoms with Crippen LogP contribution in [-0.4, -0.2) is 21.8 Å². The monoisotopic (exact) mass is 459 g/mol. The Hall–Kier alpha value is -3.78. The molecule has 0 bridgehead atoms. The first-order valence-electron chi connectivity index (χ1n) is 10.7. The molecule has 8 heteroatoms. The molecule has 0 atom stereocenters. The van der Waals surface area contributed by atoms with E-state index in [1.54, 1.807) is 18.3 Å². The van der Waals surface area contributed by atoms with Crippen molar-refractivity contribution in [2.45, 2.75) is 32.3 Å². The molecule has 3 heterocycles. The number of amides is 1. The van der Waals surface area contributed by atoms with E-state index >= 15 is 0 Å². The summed E-state index contributed by atoms with van der Waals surface area (Å²) in [5, 5.41) is 3.41. The molecule has 0 unspecified atom stereocenters. The van der Waals surface area contributed by atoms with Gasteiger partial charge in [-0.3, -0.25) is 9.78 Å². The van der Waals surface area contributed by atoms with Gasteiger partial charge in [-0.2, -0.15) is 0 Å². The minimum atomic E-state index is -0.472. The SMILES string of the molecule is O=C(Nc1sc2c(c1C(=O)OCc1coc(-c3ccccc3)n1)CCCC2)c1cccnc1. The highest BCUT2D eigenvalue weighted by Crippen LogP contribution is 2.39. The highest BCUT2D eigenvalue weighted by Gasteiger charge is 2.28. The number of nitrogens with one attached hydrogen (secondary N) is 1. The number of pyridine rings is 1. The summed E-state index contributed by atoms with van der Waals surface area (Å²) in [5.74, 6) is -0.307. The number of benzene rings is 1. The summed E-state index contributed by atoms with van der Waals surface area (Å²) in [5.41, 5.74) is 3.22. The van der Waals surface area contributed by atoms with Crippen molar-refractivity contribution < 1.29 is 18.7 Å². The van der Waals surface area contributed by atoms with Gasteiger partial charge in [-0.05, 0) is 55.5 Å².